The quantitative estimate of drug-likeness (QED) is 0.870. The van der Waals surface area contributed by atoms with Crippen LogP contribution in [-0.2, 0) is 27.5 Å². The smallest absolute Gasteiger partial charge is 0.227 e. The van der Waals surface area contributed by atoms with E-state index in [-0.39, 0.29) is 24.2 Å². The van der Waals surface area contributed by atoms with Crippen LogP contribution in [0.15, 0.2) is 48.5 Å². The van der Waals surface area contributed by atoms with Gasteiger partial charge in [-0.15, -0.1) is 0 Å². The molecule has 2 amide bonds. The van der Waals surface area contributed by atoms with Crippen molar-refractivity contribution >= 4 is 17.5 Å². The number of nitrogens with zero attached hydrogens (tertiary/aromatic N) is 1. The number of hydrogen-bond acceptors (Lipinski definition) is 3. The lowest BCUT2D eigenvalue weighted by Gasteiger charge is -2.17. The summed E-state index contributed by atoms with van der Waals surface area (Å²) in [6.07, 6.45) is 0.249. The fraction of sp³-hybridized carbons (Fsp3) is 0.333. The Morgan fingerprint density at radius 1 is 1.15 bits per heavy atom. The van der Waals surface area contributed by atoms with Crippen molar-refractivity contribution in [3.05, 3.63) is 65.2 Å². The lowest BCUT2D eigenvalue weighted by atomic mass is 10.1. The topological polar surface area (TPSA) is 58.6 Å². The lowest BCUT2D eigenvalue weighted by molar-refractivity contribution is -0.126. The largest absolute Gasteiger partial charge is 0.380 e. The van der Waals surface area contributed by atoms with Gasteiger partial charge in [0.15, 0.2) is 0 Å². The third-order valence-corrected chi connectivity index (χ3v) is 4.71. The Bertz CT molecular complexity index is 786. The highest BCUT2D eigenvalue weighted by atomic mass is 16.5. The fourth-order valence-electron chi connectivity index (χ4n) is 3.21. The molecule has 1 unspecified atom stereocenters. The molecule has 2 aromatic rings. The van der Waals surface area contributed by atoms with Gasteiger partial charge in [0.2, 0.25) is 11.8 Å². The Hall–Kier alpha value is -2.66. The molecule has 136 valence electrons. The van der Waals surface area contributed by atoms with Crippen LogP contribution in [0.25, 0.3) is 0 Å². The first-order valence-corrected chi connectivity index (χ1v) is 8.79. The number of benzene rings is 2. The Morgan fingerprint density at radius 3 is 2.54 bits per heavy atom. The number of nitrogens with one attached hydrogen (secondary N) is 1. The Labute approximate surface area is 154 Å². The molecule has 2 aromatic carbocycles. The molecule has 1 heterocycles. The van der Waals surface area contributed by atoms with Crippen LogP contribution in [0.3, 0.4) is 0 Å². The van der Waals surface area contributed by atoms with E-state index in [1.807, 2.05) is 55.5 Å². The van der Waals surface area contributed by atoms with E-state index in [4.69, 9.17) is 4.74 Å². The van der Waals surface area contributed by atoms with Gasteiger partial charge >= 0.3 is 0 Å². The third kappa shape index (κ3) is 4.11. The summed E-state index contributed by atoms with van der Waals surface area (Å²) in [6.45, 7) is 3.38. The molecule has 0 aromatic heterocycles. The zero-order valence-electron chi connectivity index (χ0n) is 15.2. The van der Waals surface area contributed by atoms with Crippen molar-refractivity contribution < 1.29 is 14.3 Å². The number of methoxy groups -OCH3 is 1. The van der Waals surface area contributed by atoms with Gasteiger partial charge in [-0.25, -0.2) is 0 Å². The average molecular weight is 352 g/mol. The van der Waals surface area contributed by atoms with Crippen molar-refractivity contribution in [2.24, 2.45) is 5.92 Å². The van der Waals surface area contributed by atoms with Crippen LogP contribution in [0.4, 0.5) is 5.69 Å². The summed E-state index contributed by atoms with van der Waals surface area (Å²) in [6, 6.07) is 15.7. The summed E-state index contributed by atoms with van der Waals surface area (Å²) in [5, 5.41) is 2.97. The minimum absolute atomic E-state index is 0.00575. The van der Waals surface area contributed by atoms with E-state index < -0.39 is 0 Å². The molecule has 5 nitrogen and oxygen atoms in total. The molecule has 3 rings (SSSR count). The fourth-order valence-corrected chi connectivity index (χ4v) is 3.21. The van der Waals surface area contributed by atoms with E-state index >= 15 is 0 Å². The van der Waals surface area contributed by atoms with E-state index in [0.717, 1.165) is 22.4 Å². The van der Waals surface area contributed by atoms with Crippen LogP contribution in [0, 0.1) is 12.8 Å². The number of aryl methyl sites for hydroxylation is 1. The van der Waals surface area contributed by atoms with E-state index in [1.54, 1.807) is 12.0 Å². The molecule has 1 saturated heterocycles. The lowest BCUT2D eigenvalue weighted by Crippen LogP contribution is -2.32. The molecule has 1 fully saturated rings. The predicted octanol–water partition coefficient (Wildman–Crippen LogP) is 2.81. The minimum Gasteiger partial charge on any atom is -0.380 e. The zero-order chi connectivity index (χ0) is 18.5. The van der Waals surface area contributed by atoms with Crippen molar-refractivity contribution in [2.75, 3.05) is 18.6 Å². The monoisotopic (exact) mass is 352 g/mol. The van der Waals surface area contributed by atoms with Gasteiger partial charge in [-0.3, -0.25) is 9.59 Å². The summed E-state index contributed by atoms with van der Waals surface area (Å²) in [4.78, 5) is 26.6. The van der Waals surface area contributed by atoms with Gasteiger partial charge in [0.25, 0.3) is 0 Å². The second-order valence-corrected chi connectivity index (χ2v) is 6.66. The number of carbonyl (C=O) groups excluding carboxylic acids is 2. The Kier molecular flexibility index (Phi) is 5.68. The van der Waals surface area contributed by atoms with Crippen molar-refractivity contribution in [1.29, 1.82) is 0 Å². The molecule has 5 heteroatoms. The van der Waals surface area contributed by atoms with Crippen LogP contribution in [0.5, 0.6) is 0 Å². The number of carbonyl (C=O) groups is 2. The maximum atomic E-state index is 12.5. The van der Waals surface area contributed by atoms with Crippen molar-refractivity contribution in [3.63, 3.8) is 0 Å². The Morgan fingerprint density at radius 2 is 1.85 bits per heavy atom. The molecule has 1 aliphatic heterocycles. The van der Waals surface area contributed by atoms with Crippen molar-refractivity contribution in [3.8, 4) is 0 Å². The summed E-state index contributed by atoms with van der Waals surface area (Å²) >= 11 is 0. The van der Waals surface area contributed by atoms with Gasteiger partial charge in [-0.05, 0) is 30.2 Å². The molecule has 0 spiro atoms. The van der Waals surface area contributed by atoms with Crippen LogP contribution in [0.2, 0.25) is 0 Å². The van der Waals surface area contributed by atoms with Gasteiger partial charge < -0.3 is 15.0 Å². The number of rotatable bonds is 6. The predicted molar refractivity (Wildman–Crippen MR) is 101 cm³/mol. The summed E-state index contributed by atoms with van der Waals surface area (Å²) in [5.41, 5.74) is 4.08. The number of amides is 2. The summed E-state index contributed by atoms with van der Waals surface area (Å²) in [5.74, 6) is -0.410. The zero-order valence-corrected chi connectivity index (χ0v) is 15.2. The third-order valence-electron chi connectivity index (χ3n) is 4.71. The first-order chi connectivity index (χ1) is 12.6. The first-order valence-electron chi connectivity index (χ1n) is 8.79. The molecule has 1 atom stereocenters. The highest BCUT2D eigenvalue weighted by Gasteiger charge is 2.34. The first kappa shape index (κ1) is 18.1. The maximum absolute atomic E-state index is 12.5. The molecule has 0 bridgehead atoms. The van der Waals surface area contributed by atoms with E-state index in [1.165, 1.54) is 0 Å². The number of anilines is 1. The average Bonchev–Trinajstić information content (AvgIpc) is 3.03. The van der Waals surface area contributed by atoms with E-state index in [9.17, 15) is 9.59 Å². The molecular formula is C21H24N2O3. The van der Waals surface area contributed by atoms with E-state index in [2.05, 4.69) is 5.32 Å². The van der Waals surface area contributed by atoms with Gasteiger partial charge in [0.05, 0.1) is 12.5 Å². The van der Waals surface area contributed by atoms with Crippen molar-refractivity contribution in [2.45, 2.75) is 26.5 Å². The highest BCUT2D eigenvalue weighted by molar-refractivity contribution is 6.00. The standard InChI is InChI=1S/C21H24N2O3/c1-15-7-9-19(10-8-15)23-13-18(11-20(23)24)21(25)22-12-16-5-3-4-6-17(16)14-26-2/h3-10,18H,11-14H2,1-2H3,(H,22,25). The van der Waals surface area contributed by atoms with Crippen LogP contribution >= 0.6 is 0 Å². The molecule has 26 heavy (non-hydrogen) atoms. The summed E-state index contributed by atoms with van der Waals surface area (Å²) < 4.78 is 5.20. The van der Waals surface area contributed by atoms with Crippen LogP contribution < -0.4 is 10.2 Å². The van der Waals surface area contributed by atoms with E-state index in [0.29, 0.717) is 19.7 Å². The molecule has 1 aliphatic rings. The second-order valence-electron chi connectivity index (χ2n) is 6.66. The SMILES string of the molecule is COCc1ccccc1CNC(=O)C1CC(=O)N(c2ccc(C)cc2)C1. The van der Waals surface area contributed by atoms with Gasteiger partial charge in [0.1, 0.15) is 0 Å². The molecule has 0 radical (unpaired) electrons. The molecule has 0 saturated carbocycles. The van der Waals surface area contributed by atoms with Gasteiger partial charge in [0, 0.05) is 32.3 Å². The molecule has 1 N–H and O–H groups in total. The van der Waals surface area contributed by atoms with Gasteiger partial charge in [-0.1, -0.05) is 42.0 Å². The number of hydrogen-bond donors (Lipinski definition) is 1. The van der Waals surface area contributed by atoms with Crippen molar-refractivity contribution in [1.82, 2.24) is 5.32 Å². The van der Waals surface area contributed by atoms with Gasteiger partial charge in [-0.2, -0.15) is 0 Å². The second kappa shape index (κ2) is 8.15. The maximum Gasteiger partial charge on any atom is 0.227 e. The molecular weight excluding hydrogens is 328 g/mol. The number of ether oxygens (including phenoxy) is 1. The Balaban J connectivity index is 1.61. The highest BCUT2D eigenvalue weighted by Crippen LogP contribution is 2.25. The minimum atomic E-state index is -0.321. The van der Waals surface area contributed by atoms with Crippen LogP contribution in [0.1, 0.15) is 23.1 Å². The molecule has 0 aliphatic carbocycles. The normalized spacial score (nSPS) is 16.8. The summed E-state index contributed by atoms with van der Waals surface area (Å²) in [7, 11) is 1.65. The van der Waals surface area contributed by atoms with Crippen LogP contribution in [-0.4, -0.2) is 25.5 Å².